The minimum absolute atomic E-state index is 0.0250. The minimum atomic E-state index is -0.690. The van der Waals surface area contributed by atoms with Gasteiger partial charge < -0.3 is 20.7 Å². The summed E-state index contributed by atoms with van der Waals surface area (Å²) in [6.07, 6.45) is 4.50. The van der Waals surface area contributed by atoms with E-state index in [-0.39, 0.29) is 24.3 Å². The van der Waals surface area contributed by atoms with Crippen molar-refractivity contribution in [1.29, 1.82) is 0 Å². The molecule has 156 valence electrons. The van der Waals surface area contributed by atoms with E-state index in [4.69, 9.17) is 4.74 Å². The molecule has 0 aromatic heterocycles. The van der Waals surface area contributed by atoms with Crippen LogP contribution in [0, 0.1) is 11.3 Å². The normalized spacial score (nSPS) is 17.7. The summed E-state index contributed by atoms with van der Waals surface area (Å²) >= 11 is 0. The SMILES string of the molecule is CNC(=O)C1(CNC(=O)[C@H](CC(C)C)NC(=O)OC(C)(C)C)CCCCC1. The first-order valence-corrected chi connectivity index (χ1v) is 9.98. The van der Waals surface area contributed by atoms with Crippen LogP contribution in [-0.4, -0.2) is 43.1 Å². The predicted octanol–water partition coefficient (Wildman–Crippen LogP) is 2.74. The second kappa shape index (κ2) is 9.95. The van der Waals surface area contributed by atoms with Crippen LogP contribution in [0.25, 0.3) is 0 Å². The van der Waals surface area contributed by atoms with E-state index in [0.717, 1.165) is 32.1 Å². The third-order valence-corrected chi connectivity index (χ3v) is 4.83. The number of ether oxygens (including phenoxy) is 1. The smallest absolute Gasteiger partial charge is 0.408 e. The van der Waals surface area contributed by atoms with Gasteiger partial charge in [-0.05, 0) is 46.0 Å². The molecule has 0 spiro atoms. The Morgan fingerprint density at radius 1 is 1.07 bits per heavy atom. The van der Waals surface area contributed by atoms with Crippen LogP contribution < -0.4 is 16.0 Å². The largest absolute Gasteiger partial charge is 0.444 e. The highest BCUT2D eigenvalue weighted by atomic mass is 16.6. The molecular weight excluding hydrogens is 346 g/mol. The van der Waals surface area contributed by atoms with E-state index < -0.39 is 23.2 Å². The summed E-state index contributed by atoms with van der Waals surface area (Å²) in [6.45, 7) is 9.60. The van der Waals surface area contributed by atoms with Crippen molar-refractivity contribution in [1.82, 2.24) is 16.0 Å². The minimum Gasteiger partial charge on any atom is -0.444 e. The second-order valence-electron chi connectivity index (χ2n) is 8.97. The molecule has 7 nitrogen and oxygen atoms in total. The van der Waals surface area contributed by atoms with Crippen LogP contribution in [0.5, 0.6) is 0 Å². The number of nitrogens with one attached hydrogen (secondary N) is 3. The molecule has 0 radical (unpaired) electrons. The van der Waals surface area contributed by atoms with Crippen LogP contribution >= 0.6 is 0 Å². The molecule has 1 atom stereocenters. The summed E-state index contributed by atoms with van der Waals surface area (Å²) in [5.74, 6) is -0.0790. The second-order valence-corrected chi connectivity index (χ2v) is 8.97. The topological polar surface area (TPSA) is 96.5 Å². The highest BCUT2D eigenvalue weighted by Gasteiger charge is 2.39. The van der Waals surface area contributed by atoms with Crippen LogP contribution in [0.3, 0.4) is 0 Å². The van der Waals surface area contributed by atoms with E-state index in [1.54, 1.807) is 27.8 Å². The zero-order valence-corrected chi connectivity index (χ0v) is 17.7. The number of rotatable bonds is 7. The highest BCUT2D eigenvalue weighted by molar-refractivity contribution is 5.87. The molecule has 27 heavy (non-hydrogen) atoms. The zero-order valence-electron chi connectivity index (χ0n) is 17.7. The third-order valence-electron chi connectivity index (χ3n) is 4.83. The quantitative estimate of drug-likeness (QED) is 0.630. The molecule has 1 aliphatic rings. The van der Waals surface area contributed by atoms with Crippen molar-refractivity contribution in [2.75, 3.05) is 13.6 Å². The number of carbonyl (C=O) groups excluding carboxylic acids is 3. The maximum atomic E-state index is 12.8. The number of hydrogen-bond donors (Lipinski definition) is 3. The van der Waals surface area contributed by atoms with E-state index in [2.05, 4.69) is 16.0 Å². The Morgan fingerprint density at radius 2 is 1.67 bits per heavy atom. The molecule has 0 aromatic carbocycles. The summed E-state index contributed by atoms with van der Waals surface area (Å²) in [7, 11) is 1.63. The van der Waals surface area contributed by atoms with Crippen molar-refractivity contribution in [2.45, 2.75) is 84.8 Å². The van der Waals surface area contributed by atoms with Gasteiger partial charge in [-0.15, -0.1) is 0 Å². The molecule has 3 N–H and O–H groups in total. The van der Waals surface area contributed by atoms with E-state index in [1.165, 1.54) is 0 Å². The molecule has 0 aliphatic heterocycles. The molecule has 0 unspecified atom stereocenters. The summed E-state index contributed by atoms with van der Waals surface area (Å²) < 4.78 is 5.28. The molecule has 7 heteroatoms. The van der Waals surface area contributed by atoms with Gasteiger partial charge in [0.15, 0.2) is 0 Å². The van der Waals surface area contributed by atoms with Crippen molar-refractivity contribution < 1.29 is 19.1 Å². The van der Waals surface area contributed by atoms with Crippen LogP contribution in [0.1, 0.15) is 73.1 Å². The van der Waals surface area contributed by atoms with Gasteiger partial charge in [-0.1, -0.05) is 33.1 Å². The number of carbonyl (C=O) groups is 3. The average molecular weight is 384 g/mol. The van der Waals surface area contributed by atoms with Crippen molar-refractivity contribution in [3.8, 4) is 0 Å². The van der Waals surface area contributed by atoms with Gasteiger partial charge in [0.25, 0.3) is 0 Å². The Balaban J connectivity index is 2.77. The zero-order chi connectivity index (χ0) is 20.7. The molecular formula is C20H37N3O4. The van der Waals surface area contributed by atoms with E-state index in [1.807, 2.05) is 13.8 Å². The predicted molar refractivity (Wildman–Crippen MR) is 105 cm³/mol. The van der Waals surface area contributed by atoms with Crippen LogP contribution in [0.4, 0.5) is 4.79 Å². The van der Waals surface area contributed by atoms with Crippen molar-refractivity contribution in [2.24, 2.45) is 11.3 Å². The van der Waals surface area contributed by atoms with E-state index in [0.29, 0.717) is 6.42 Å². The van der Waals surface area contributed by atoms with Gasteiger partial charge in [0.05, 0.1) is 5.41 Å². The molecule has 1 aliphatic carbocycles. The Bertz CT molecular complexity index is 520. The molecule has 1 fully saturated rings. The van der Waals surface area contributed by atoms with Gasteiger partial charge in [0.2, 0.25) is 11.8 Å². The molecule has 0 bridgehead atoms. The third kappa shape index (κ3) is 7.77. The van der Waals surface area contributed by atoms with Gasteiger partial charge in [-0.2, -0.15) is 0 Å². The lowest BCUT2D eigenvalue weighted by Gasteiger charge is -2.36. The Kier molecular flexibility index (Phi) is 8.57. The summed E-state index contributed by atoms with van der Waals surface area (Å²) in [5.41, 5.74) is -1.19. The lowest BCUT2D eigenvalue weighted by Crippen LogP contribution is -2.53. The van der Waals surface area contributed by atoms with Gasteiger partial charge in [-0.3, -0.25) is 9.59 Å². The molecule has 0 aromatic rings. The highest BCUT2D eigenvalue weighted by Crippen LogP contribution is 2.36. The standard InChI is InChI=1S/C20H37N3O4/c1-14(2)12-15(23-18(26)27-19(3,4)5)16(24)22-13-20(17(25)21-6)10-8-7-9-11-20/h14-15H,7-13H2,1-6H3,(H,21,25)(H,22,24)(H,23,26)/t15-/m0/s1. The Morgan fingerprint density at radius 3 is 2.15 bits per heavy atom. The molecule has 1 rings (SSSR count). The Labute approximate surface area is 163 Å². The fourth-order valence-corrected chi connectivity index (χ4v) is 3.51. The molecule has 3 amide bonds. The first-order chi connectivity index (χ1) is 12.5. The first kappa shape index (κ1) is 23.2. The maximum Gasteiger partial charge on any atom is 0.408 e. The van der Waals surface area contributed by atoms with Crippen molar-refractivity contribution in [3.63, 3.8) is 0 Å². The summed E-state index contributed by atoms with van der Waals surface area (Å²) in [4.78, 5) is 37.3. The average Bonchev–Trinajstić information content (AvgIpc) is 2.57. The number of amides is 3. The molecule has 1 saturated carbocycles. The van der Waals surface area contributed by atoms with Crippen molar-refractivity contribution in [3.05, 3.63) is 0 Å². The fourth-order valence-electron chi connectivity index (χ4n) is 3.51. The lowest BCUT2D eigenvalue weighted by atomic mass is 9.73. The monoisotopic (exact) mass is 383 g/mol. The maximum absolute atomic E-state index is 12.8. The van der Waals surface area contributed by atoms with E-state index >= 15 is 0 Å². The molecule has 0 saturated heterocycles. The van der Waals surface area contributed by atoms with Gasteiger partial charge in [-0.25, -0.2) is 4.79 Å². The summed E-state index contributed by atoms with van der Waals surface area (Å²) in [5, 5.41) is 8.33. The van der Waals surface area contributed by atoms with Crippen LogP contribution in [-0.2, 0) is 14.3 Å². The van der Waals surface area contributed by atoms with Gasteiger partial charge in [0, 0.05) is 13.6 Å². The number of alkyl carbamates (subject to hydrolysis) is 1. The van der Waals surface area contributed by atoms with Crippen LogP contribution in [0.2, 0.25) is 0 Å². The van der Waals surface area contributed by atoms with Crippen LogP contribution in [0.15, 0.2) is 0 Å². The van der Waals surface area contributed by atoms with Gasteiger partial charge in [0.1, 0.15) is 11.6 Å². The number of hydrogen-bond acceptors (Lipinski definition) is 4. The first-order valence-electron chi connectivity index (χ1n) is 9.98. The lowest BCUT2D eigenvalue weighted by molar-refractivity contribution is -0.133. The Hall–Kier alpha value is -1.79. The fraction of sp³-hybridized carbons (Fsp3) is 0.850. The van der Waals surface area contributed by atoms with E-state index in [9.17, 15) is 14.4 Å². The van der Waals surface area contributed by atoms with Gasteiger partial charge >= 0.3 is 6.09 Å². The summed E-state index contributed by atoms with van der Waals surface area (Å²) in [6, 6.07) is -0.690. The molecule has 0 heterocycles. The van der Waals surface area contributed by atoms with Crippen molar-refractivity contribution >= 4 is 17.9 Å².